The average Bonchev–Trinajstić information content (AvgIpc) is 3.52. The van der Waals surface area contributed by atoms with E-state index >= 15 is 0 Å². The summed E-state index contributed by atoms with van der Waals surface area (Å²) in [6.45, 7) is 1.55. The summed E-state index contributed by atoms with van der Waals surface area (Å²) in [7, 11) is 0. The molecular formula is C21H22N2O4. The van der Waals surface area contributed by atoms with Crippen LogP contribution >= 0.6 is 0 Å². The van der Waals surface area contributed by atoms with E-state index in [1.54, 1.807) is 55.5 Å². The summed E-state index contributed by atoms with van der Waals surface area (Å²) in [6.07, 6.45) is 1.85. The first-order valence-corrected chi connectivity index (χ1v) is 8.88. The van der Waals surface area contributed by atoms with Crippen molar-refractivity contribution in [1.29, 1.82) is 0 Å². The number of hydrogen-bond acceptors (Lipinski definition) is 3. The van der Waals surface area contributed by atoms with E-state index in [0.717, 1.165) is 12.8 Å². The van der Waals surface area contributed by atoms with Gasteiger partial charge in [-0.3, -0.25) is 14.4 Å². The lowest BCUT2D eigenvalue weighted by Crippen LogP contribution is -2.44. The molecule has 1 aliphatic rings. The lowest BCUT2D eigenvalue weighted by Gasteiger charge is -2.25. The van der Waals surface area contributed by atoms with E-state index in [1.807, 2.05) is 6.07 Å². The maximum atomic E-state index is 12.4. The number of carboxylic acid groups (broad SMARTS) is 1. The minimum absolute atomic E-state index is 0.00675. The van der Waals surface area contributed by atoms with Crippen molar-refractivity contribution in [2.45, 2.75) is 25.2 Å². The molecule has 3 N–H and O–H groups in total. The molecule has 1 aliphatic carbocycles. The predicted molar refractivity (Wildman–Crippen MR) is 102 cm³/mol. The molecule has 0 spiro atoms. The van der Waals surface area contributed by atoms with Crippen molar-refractivity contribution in [2.75, 3.05) is 11.9 Å². The van der Waals surface area contributed by atoms with Gasteiger partial charge in [0.05, 0.1) is 0 Å². The van der Waals surface area contributed by atoms with Gasteiger partial charge in [-0.05, 0) is 49.6 Å². The van der Waals surface area contributed by atoms with Gasteiger partial charge < -0.3 is 15.7 Å². The van der Waals surface area contributed by atoms with E-state index in [0.29, 0.717) is 16.8 Å². The molecule has 0 aromatic heterocycles. The Bertz CT molecular complexity index is 844. The summed E-state index contributed by atoms with van der Waals surface area (Å²) in [5.74, 6) is -1.25. The molecule has 1 saturated carbocycles. The summed E-state index contributed by atoms with van der Waals surface area (Å²) >= 11 is 0. The molecule has 1 unspecified atom stereocenters. The number of carboxylic acids is 1. The summed E-state index contributed by atoms with van der Waals surface area (Å²) in [4.78, 5) is 36.0. The van der Waals surface area contributed by atoms with Crippen LogP contribution in [0.2, 0.25) is 0 Å². The van der Waals surface area contributed by atoms with Gasteiger partial charge in [0.2, 0.25) is 5.91 Å². The van der Waals surface area contributed by atoms with Crippen LogP contribution in [-0.2, 0) is 15.0 Å². The van der Waals surface area contributed by atoms with Gasteiger partial charge in [-0.15, -0.1) is 0 Å². The fourth-order valence-electron chi connectivity index (χ4n) is 2.76. The van der Waals surface area contributed by atoms with Gasteiger partial charge in [-0.1, -0.05) is 30.3 Å². The second kappa shape index (κ2) is 7.61. The van der Waals surface area contributed by atoms with Crippen LogP contribution in [0.4, 0.5) is 5.69 Å². The van der Waals surface area contributed by atoms with Gasteiger partial charge in [0.25, 0.3) is 5.91 Å². The van der Waals surface area contributed by atoms with Crippen molar-refractivity contribution in [3.63, 3.8) is 0 Å². The molecule has 1 fully saturated rings. The SMILES string of the molecule is CC(CNC(=O)c1ccc(NC(=O)C2CC2)cc1)(C(=O)O)c1ccccc1. The highest BCUT2D eigenvalue weighted by molar-refractivity contribution is 5.97. The zero-order valence-corrected chi connectivity index (χ0v) is 15.1. The second-order valence-electron chi connectivity index (χ2n) is 7.03. The third kappa shape index (κ3) is 4.34. The van der Waals surface area contributed by atoms with Gasteiger partial charge in [0.1, 0.15) is 5.41 Å². The van der Waals surface area contributed by atoms with E-state index in [1.165, 1.54) is 0 Å². The molecule has 2 amide bonds. The summed E-state index contributed by atoms with van der Waals surface area (Å²) in [5, 5.41) is 15.2. The smallest absolute Gasteiger partial charge is 0.315 e. The molecule has 0 heterocycles. The van der Waals surface area contributed by atoms with Crippen LogP contribution in [0.15, 0.2) is 54.6 Å². The highest BCUT2D eigenvalue weighted by Gasteiger charge is 2.35. The fraction of sp³-hybridized carbons (Fsp3) is 0.286. The van der Waals surface area contributed by atoms with Crippen molar-refractivity contribution >= 4 is 23.5 Å². The Balaban J connectivity index is 1.63. The van der Waals surface area contributed by atoms with Crippen LogP contribution < -0.4 is 10.6 Å². The molecule has 6 nitrogen and oxygen atoms in total. The number of carbonyl (C=O) groups excluding carboxylic acids is 2. The first kappa shape index (κ1) is 18.6. The van der Waals surface area contributed by atoms with Crippen molar-refractivity contribution in [3.8, 4) is 0 Å². The largest absolute Gasteiger partial charge is 0.481 e. The molecule has 6 heteroatoms. The fourth-order valence-corrected chi connectivity index (χ4v) is 2.76. The molecule has 2 aromatic rings. The molecule has 0 bridgehead atoms. The van der Waals surface area contributed by atoms with E-state index in [4.69, 9.17) is 0 Å². The average molecular weight is 366 g/mol. The van der Waals surface area contributed by atoms with E-state index in [2.05, 4.69) is 10.6 Å². The van der Waals surface area contributed by atoms with Gasteiger partial charge >= 0.3 is 5.97 Å². The zero-order valence-electron chi connectivity index (χ0n) is 15.1. The van der Waals surface area contributed by atoms with Crippen LogP contribution in [0, 0.1) is 5.92 Å². The van der Waals surface area contributed by atoms with Gasteiger partial charge in [-0.25, -0.2) is 0 Å². The molecule has 1 atom stereocenters. The Morgan fingerprint density at radius 2 is 1.67 bits per heavy atom. The molecule has 0 aliphatic heterocycles. The van der Waals surface area contributed by atoms with Crippen LogP contribution in [0.3, 0.4) is 0 Å². The topological polar surface area (TPSA) is 95.5 Å². The Hall–Kier alpha value is -3.15. The molecular weight excluding hydrogens is 344 g/mol. The first-order valence-electron chi connectivity index (χ1n) is 8.88. The number of aliphatic carboxylic acids is 1. The lowest BCUT2D eigenvalue weighted by atomic mass is 9.82. The van der Waals surface area contributed by atoms with Crippen molar-refractivity contribution in [2.24, 2.45) is 5.92 Å². The Kier molecular flexibility index (Phi) is 5.26. The second-order valence-corrected chi connectivity index (χ2v) is 7.03. The van der Waals surface area contributed by atoms with Crippen molar-refractivity contribution < 1.29 is 19.5 Å². The molecule has 27 heavy (non-hydrogen) atoms. The molecule has 2 aromatic carbocycles. The number of carbonyl (C=O) groups is 3. The quantitative estimate of drug-likeness (QED) is 0.702. The first-order chi connectivity index (χ1) is 12.9. The predicted octanol–water partition coefficient (Wildman–Crippen LogP) is 2.81. The number of anilines is 1. The summed E-state index contributed by atoms with van der Waals surface area (Å²) in [5.41, 5.74) is 0.439. The van der Waals surface area contributed by atoms with Crippen LogP contribution in [0.1, 0.15) is 35.7 Å². The Morgan fingerprint density at radius 3 is 2.22 bits per heavy atom. The van der Waals surface area contributed by atoms with Crippen LogP contribution in [0.25, 0.3) is 0 Å². The van der Waals surface area contributed by atoms with Crippen molar-refractivity contribution in [1.82, 2.24) is 5.32 Å². The molecule has 140 valence electrons. The number of nitrogens with one attached hydrogen (secondary N) is 2. The maximum Gasteiger partial charge on any atom is 0.315 e. The zero-order chi connectivity index (χ0) is 19.4. The van der Waals surface area contributed by atoms with Gasteiger partial charge in [0.15, 0.2) is 0 Å². The normalized spacial score (nSPS) is 15.4. The minimum atomic E-state index is -1.23. The monoisotopic (exact) mass is 366 g/mol. The lowest BCUT2D eigenvalue weighted by molar-refractivity contribution is -0.143. The Morgan fingerprint density at radius 1 is 1.04 bits per heavy atom. The highest BCUT2D eigenvalue weighted by atomic mass is 16.4. The molecule has 0 saturated heterocycles. The summed E-state index contributed by atoms with van der Waals surface area (Å²) < 4.78 is 0. The maximum absolute atomic E-state index is 12.4. The van der Waals surface area contributed by atoms with Crippen LogP contribution in [0.5, 0.6) is 0 Å². The third-order valence-electron chi connectivity index (χ3n) is 4.85. The summed E-state index contributed by atoms with van der Waals surface area (Å²) in [6, 6.07) is 15.4. The molecule has 0 radical (unpaired) electrons. The van der Waals surface area contributed by atoms with Gasteiger partial charge in [0, 0.05) is 23.7 Å². The van der Waals surface area contributed by atoms with Crippen molar-refractivity contribution in [3.05, 3.63) is 65.7 Å². The highest BCUT2D eigenvalue weighted by Crippen LogP contribution is 2.30. The van der Waals surface area contributed by atoms with Gasteiger partial charge in [-0.2, -0.15) is 0 Å². The standard InChI is InChI=1S/C21H22N2O4/c1-21(20(26)27,16-5-3-2-4-6-16)13-22-18(24)14-9-11-17(12-10-14)23-19(25)15-7-8-15/h2-6,9-12,15H,7-8,13H2,1H3,(H,22,24)(H,23,25)(H,26,27). The molecule has 3 rings (SSSR count). The number of rotatable bonds is 7. The number of amides is 2. The van der Waals surface area contributed by atoms with E-state index in [9.17, 15) is 19.5 Å². The van der Waals surface area contributed by atoms with E-state index < -0.39 is 11.4 Å². The van der Waals surface area contributed by atoms with E-state index in [-0.39, 0.29) is 24.3 Å². The number of hydrogen-bond donors (Lipinski definition) is 3. The number of benzene rings is 2. The Labute approximate surface area is 157 Å². The minimum Gasteiger partial charge on any atom is -0.481 e. The third-order valence-corrected chi connectivity index (χ3v) is 4.85. The van der Waals surface area contributed by atoms with Crippen LogP contribution in [-0.4, -0.2) is 29.4 Å².